The van der Waals surface area contributed by atoms with Crippen LogP contribution in [0.25, 0.3) is 11.1 Å². The number of nitrogens with one attached hydrogen (secondary N) is 1. The van der Waals surface area contributed by atoms with Gasteiger partial charge in [-0.1, -0.05) is 12.1 Å². The number of fused-ring (bicyclic) bond motifs is 3. The number of hydrogen-bond donors (Lipinski definition) is 1. The quantitative estimate of drug-likeness (QED) is 0.856. The molecule has 3 aliphatic heterocycles. The average molecular weight is 326 g/mol. The van der Waals surface area contributed by atoms with Crippen LogP contribution in [-0.2, 0) is 6.42 Å². The molecule has 24 heavy (non-hydrogen) atoms. The molecule has 5 rings (SSSR count). The standard InChI is InChI=1S/C20H20F2N2/c21-17-5-1-4-14(19(17)22)13-9-12-3-2-8-24-18-6-7-23-11-16(18)15(10-13)20(12)24/h1,4-5,9-10,16,18,23H,2-3,6-8,11H2/t16-,18-/m0/s1. The van der Waals surface area contributed by atoms with E-state index in [-0.39, 0.29) is 0 Å². The van der Waals surface area contributed by atoms with Crippen molar-refractivity contribution in [2.24, 2.45) is 0 Å². The van der Waals surface area contributed by atoms with Crippen LogP contribution in [0.2, 0.25) is 0 Å². The van der Waals surface area contributed by atoms with E-state index >= 15 is 0 Å². The maximum absolute atomic E-state index is 14.3. The highest BCUT2D eigenvalue weighted by molar-refractivity contribution is 5.76. The number of piperidine rings is 1. The Morgan fingerprint density at radius 2 is 2.08 bits per heavy atom. The van der Waals surface area contributed by atoms with Gasteiger partial charge in [0.15, 0.2) is 11.6 Å². The third-order valence-electron chi connectivity index (χ3n) is 5.86. The normalized spacial score (nSPS) is 24.7. The van der Waals surface area contributed by atoms with Crippen molar-refractivity contribution < 1.29 is 8.78 Å². The summed E-state index contributed by atoms with van der Waals surface area (Å²) in [6, 6.07) is 9.19. The van der Waals surface area contributed by atoms with Gasteiger partial charge in [-0.05, 0) is 60.7 Å². The summed E-state index contributed by atoms with van der Waals surface area (Å²) in [5.74, 6) is -1.06. The van der Waals surface area contributed by atoms with Gasteiger partial charge in [0.2, 0.25) is 0 Å². The van der Waals surface area contributed by atoms with Gasteiger partial charge in [-0.15, -0.1) is 0 Å². The summed E-state index contributed by atoms with van der Waals surface area (Å²) < 4.78 is 28.0. The predicted octanol–water partition coefficient (Wildman–Crippen LogP) is 3.84. The Kier molecular flexibility index (Phi) is 3.17. The largest absolute Gasteiger partial charge is 0.367 e. The first-order chi connectivity index (χ1) is 11.7. The first-order valence-corrected chi connectivity index (χ1v) is 8.82. The van der Waals surface area contributed by atoms with Gasteiger partial charge in [0.1, 0.15) is 0 Å². The third-order valence-corrected chi connectivity index (χ3v) is 5.86. The van der Waals surface area contributed by atoms with Gasteiger partial charge in [-0.2, -0.15) is 0 Å². The number of aryl methyl sites for hydroxylation is 1. The number of anilines is 1. The molecule has 1 N–H and O–H groups in total. The lowest BCUT2D eigenvalue weighted by molar-refractivity contribution is 0.400. The summed E-state index contributed by atoms with van der Waals surface area (Å²) in [7, 11) is 0. The zero-order valence-corrected chi connectivity index (χ0v) is 13.5. The fourth-order valence-corrected chi connectivity index (χ4v) is 4.84. The topological polar surface area (TPSA) is 15.3 Å². The van der Waals surface area contributed by atoms with Crippen LogP contribution in [-0.4, -0.2) is 25.7 Å². The van der Waals surface area contributed by atoms with Crippen molar-refractivity contribution in [3.8, 4) is 11.1 Å². The zero-order valence-electron chi connectivity index (χ0n) is 13.5. The number of halogens is 2. The van der Waals surface area contributed by atoms with Gasteiger partial charge < -0.3 is 10.2 Å². The Morgan fingerprint density at radius 1 is 1.17 bits per heavy atom. The number of hydrogen-bond acceptors (Lipinski definition) is 2. The number of nitrogens with zero attached hydrogens (tertiary/aromatic N) is 1. The summed E-state index contributed by atoms with van der Waals surface area (Å²) in [5.41, 5.74) is 5.18. The summed E-state index contributed by atoms with van der Waals surface area (Å²) in [6.45, 7) is 3.16. The minimum atomic E-state index is -0.777. The van der Waals surface area contributed by atoms with E-state index in [0.717, 1.165) is 44.5 Å². The van der Waals surface area contributed by atoms with Crippen LogP contribution in [0.15, 0.2) is 30.3 Å². The monoisotopic (exact) mass is 326 g/mol. The van der Waals surface area contributed by atoms with Crippen LogP contribution in [0, 0.1) is 11.6 Å². The van der Waals surface area contributed by atoms with Crippen molar-refractivity contribution >= 4 is 5.69 Å². The molecule has 4 heteroatoms. The van der Waals surface area contributed by atoms with Crippen molar-refractivity contribution in [2.75, 3.05) is 24.5 Å². The first kappa shape index (κ1) is 14.4. The van der Waals surface area contributed by atoms with Gasteiger partial charge in [-0.3, -0.25) is 0 Å². The van der Waals surface area contributed by atoms with Crippen molar-refractivity contribution in [2.45, 2.75) is 31.2 Å². The molecule has 3 heterocycles. The smallest absolute Gasteiger partial charge is 0.166 e. The molecule has 0 unspecified atom stereocenters. The lowest BCUT2D eigenvalue weighted by Gasteiger charge is -2.36. The molecule has 0 amide bonds. The van der Waals surface area contributed by atoms with Crippen LogP contribution in [0.4, 0.5) is 14.5 Å². The SMILES string of the molecule is Fc1cccc(-c2cc3c4c(c2)[C@@H]2CNCC[C@@H]2N4CCC3)c1F. The summed E-state index contributed by atoms with van der Waals surface area (Å²) in [4.78, 5) is 2.57. The first-order valence-electron chi connectivity index (χ1n) is 8.82. The van der Waals surface area contributed by atoms with Crippen molar-refractivity contribution in [3.05, 3.63) is 53.1 Å². The Labute approximate surface area is 140 Å². The molecule has 0 aliphatic carbocycles. The van der Waals surface area contributed by atoms with E-state index < -0.39 is 11.6 Å². The highest BCUT2D eigenvalue weighted by Gasteiger charge is 2.42. The molecule has 0 aromatic heterocycles. The van der Waals surface area contributed by atoms with E-state index in [9.17, 15) is 8.78 Å². The third kappa shape index (κ3) is 1.95. The Bertz CT molecular complexity index is 818. The zero-order chi connectivity index (χ0) is 16.3. The van der Waals surface area contributed by atoms with Gasteiger partial charge in [0.25, 0.3) is 0 Å². The number of rotatable bonds is 1. The molecule has 2 atom stereocenters. The van der Waals surface area contributed by atoms with Crippen LogP contribution < -0.4 is 10.2 Å². The van der Waals surface area contributed by atoms with Gasteiger partial charge >= 0.3 is 0 Å². The van der Waals surface area contributed by atoms with Gasteiger partial charge in [-0.25, -0.2) is 8.78 Å². The van der Waals surface area contributed by atoms with Crippen LogP contribution in [0.3, 0.4) is 0 Å². The second kappa shape index (κ2) is 5.28. The summed E-state index contributed by atoms with van der Waals surface area (Å²) in [6.07, 6.45) is 3.32. The predicted molar refractivity (Wildman–Crippen MR) is 91.5 cm³/mol. The molecule has 124 valence electrons. The Hall–Kier alpha value is -1.94. The second-order valence-corrected chi connectivity index (χ2v) is 7.14. The average Bonchev–Trinajstić information content (AvgIpc) is 2.94. The van der Waals surface area contributed by atoms with E-state index in [4.69, 9.17) is 0 Å². The summed E-state index contributed by atoms with van der Waals surface area (Å²) >= 11 is 0. The molecule has 1 saturated heterocycles. The van der Waals surface area contributed by atoms with Crippen molar-refractivity contribution in [3.63, 3.8) is 0 Å². The molecule has 2 aromatic rings. The van der Waals surface area contributed by atoms with Crippen molar-refractivity contribution in [1.82, 2.24) is 5.32 Å². The molecule has 1 fully saturated rings. The molecular formula is C20H20F2N2. The lowest BCUT2D eigenvalue weighted by Crippen LogP contribution is -2.45. The maximum Gasteiger partial charge on any atom is 0.166 e. The summed E-state index contributed by atoms with van der Waals surface area (Å²) in [5, 5.41) is 3.50. The van der Waals surface area contributed by atoms with Crippen LogP contribution in [0.5, 0.6) is 0 Å². The van der Waals surface area contributed by atoms with Gasteiger partial charge in [0, 0.05) is 36.3 Å². The fraction of sp³-hybridized carbons (Fsp3) is 0.400. The minimum Gasteiger partial charge on any atom is -0.367 e. The second-order valence-electron chi connectivity index (χ2n) is 7.14. The van der Waals surface area contributed by atoms with E-state index in [1.165, 1.54) is 22.9 Å². The molecule has 0 saturated carbocycles. The van der Waals surface area contributed by atoms with Crippen molar-refractivity contribution in [1.29, 1.82) is 0 Å². The number of benzene rings is 2. The Balaban J connectivity index is 1.70. The van der Waals surface area contributed by atoms with E-state index in [0.29, 0.717) is 17.5 Å². The van der Waals surface area contributed by atoms with E-state index in [1.807, 2.05) is 0 Å². The molecular weight excluding hydrogens is 306 g/mol. The molecule has 3 aliphatic rings. The van der Waals surface area contributed by atoms with Crippen LogP contribution in [0.1, 0.15) is 29.9 Å². The molecule has 2 nitrogen and oxygen atoms in total. The molecule has 2 aromatic carbocycles. The Morgan fingerprint density at radius 3 is 3.00 bits per heavy atom. The maximum atomic E-state index is 14.3. The van der Waals surface area contributed by atoms with E-state index in [2.05, 4.69) is 22.3 Å². The molecule has 0 spiro atoms. The fourth-order valence-electron chi connectivity index (χ4n) is 4.84. The minimum absolute atomic E-state index is 0.374. The van der Waals surface area contributed by atoms with Crippen LogP contribution >= 0.6 is 0 Å². The molecule has 0 bridgehead atoms. The highest BCUT2D eigenvalue weighted by Crippen LogP contribution is 2.49. The highest BCUT2D eigenvalue weighted by atomic mass is 19.2. The van der Waals surface area contributed by atoms with E-state index in [1.54, 1.807) is 12.1 Å². The van der Waals surface area contributed by atoms with Gasteiger partial charge in [0.05, 0.1) is 0 Å². The lowest BCUT2D eigenvalue weighted by atomic mass is 9.87. The molecule has 0 radical (unpaired) electrons.